The van der Waals surface area contributed by atoms with E-state index in [9.17, 15) is 0 Å². The summed E-state index contributed by atoms with van der Waals surface area (Å²) in [5.41, 5.74) is 8.71. The lowest BCUT2D eigenvalue weighted by atomic mass is 10.2. The molecule has 0 aromatic carbocycles. The van der Waals surface area contributed by atoms with Crippen molar-refractivity contribution in [1.82, 2.24) is 19.9 Å². The van der Waals surface area contributed by atoms with Gasteiger partial charge in [-0.1, -0.05) is 5.92 Å². The molecule has 8 bridgehead atoms. The van der Waals surface area contributed by atoms with E-state index in [2.05, 4.69) is 45.1 Å². The number of nitrogens with one attached hydrogen (secondary N) is 2. The molecule has 5 heterocycles. The molecule has 4 nitrogen and oxygen atoms in total. The average molecular weight is 336 g/mol. The van der Waals surface area contributed by atoms with Crippen LogP contribution in [-0.2, 0) is 12.8 Å². The lowest BCUT2D eigenvalue weighted by molar-refractivity contribution is 1.03. The van der Waals surface area contributed by atoms with Crippen LogP contribution in [0.3, 0.4) is 0 Å². The molecule has 0 atom stereocenters. The molecule has 5 rings (SSSR count). The van der Waals surface area contributed by atoms with E-state index in [1.165, 1.54) is 0 Å². The summed E-state index contributed by atoms with van der Waals surface area (Å²) < 4.78 is 0. The van der Waals surface area contributed by atoms with Crippen molar-refractivity contribution in [3.8, 4) is 12.3 Å². The number of rotatable bonds is 0. The number of H-pyrrole nitrogens is 2. The minimum Gasteiger partial charge on any atom is -0.355 e. The van der Waals surface area contributed by atoms with Gasteiger partial charge in [0.1, 0.15) is 0 Å². The van der Waals surface area contributed by atoms with Crippen LogP contribution in [0.4, 0.5) is 0 Å². The van der Waals surface area contributed by atoms with Crippen LogP contribution >= 0.6 is 0 Å². The van der Waals surface area contributed by atoms with Crippen molar-refractivity contribution in [1.29, 1.82) is 0 Å². The molecule has 4 heteroatoms. The third kappa shape index (κ3) is 2.70. The maximum Gasteiger partial charge on any atom is 0.0658 e. The van der Waals surface area contributed by atoms with Crippen LogP contribution in [0.5, 0.6) is 0 Å². The van der Waals surface area contributed by atoms with Gasteiger partial charge in [0.05, 0.1) is 16.9 Å². The number of hydrogen-bond donors (Lipinski definition) is 2. The number of fused-ring (bicyclic) bond motifs is 8. The molecule has 26 heavy (non-hydrogen) atoms. The molecule has 0 spiro atoms. The molecule has 0 aliphatic carbocycles. The molecule has 2 aliphatic rings. The molecule has 0 saturated heterocycles. The highest BCUT2D eigenvalue weighted by molar-refractivity contribution is 5.76. The minimum atomic E-state index is 0.840. The van der Waals surface area contributed by atoms with Crippen LogP contribution < -0.4 is 0 Å². The van der Waals surface area contributed by atoms with E-state index in [0.29, 0.717) is 0 Å². The Bertz CT molecular complexity index is 1250. The second kappa shape index (κ2) is 5.75. The van der Waals surface area contributed by atoms with E-state index in [1.807, 2.05) is 30.4 Å². The van der Waals surface area contributed by atoms with Crippen molar-refractivity contribution in [2.24, 2.45) is 0 Å². The average Bonchev–Trinajstić information content (AvgIpc) is 3.39. The van der Waals surface area contributed by atoms with Gasteiger partial charge in [0.15, 0.2) is 0 Å². The maximum absolute atomic E-state index is 5.68. The third-order valence-corrected chi connectivity index (χ3v) is 4.60. The van der Waals surface area contributed by atoms with Gasteiger partial charge in [-0.15, -0.1) is 6.42 Å². The zero-order valence-corrected chi connectivity index (χ0v) is 14.1. The number of aryl methyl sites for hydroxylation is 2. The molecule has 124 valence electrons. The summed E-state index contributed by atoms with van der Waals surface area (Å²) in [6.07, 6.45) is 11.5. The smallest absolute Gasteiger partial charge is 0.0658 e. The molecular weight excluding hydrogens is 320 g/mol. The van der Waals surface area contributed by atoms with Crippen molar-refractivity contribution in [3.05, 3.63) is 70.8 Å². The van der Waals surface area contributed by atoms with Crippen LogP contribution in [0.1, 0.15) is 28.3 Å². The standard InChI is InChI=1S/C22H16N4/c1-2-14-9-21-12-19-6-5-17(24-19)10-15-3-4-16(23-15)11-18-7-8-20(25-18)13-22(14)26-21/h1,3-6,9-13,23,26H,7-8H2. The van der Waals surface area contributed by atoms with Gasteiger partial charge in [-0.2, -0.15) is 0 Å². The van der Waals surface area contributed by atoms with E-state index in [4.69, 9.17) is 11.4 Å². The molecular formula is C22H16N4. The first-order valence-electron chi connectivity index (χ1n) is 8.60. The lowest BCUT2D eigenvalue weighted by Crippen LogP contribution is -1.78. The van der Waals surface area contributed by atoms with Crippen LogP contribution in [0.2, 0.25) is 0 Å². The Morgan fingerprint density at radius 2 is 1.46 bits per heavy atom. The highest BCUT2D eigenvalue weighted by Gasteiger charge is 2.07. The SMILES string of the molecule is C#Cc1cc2cc3nc(cc4ccc(cc5nc(cc1[nH]2)CC5)[nH]4)C=C3. The fourth-order valence-electron chi connectivity index (χ4n) is 3.38. The molecule has 2 N–H and O–H groups in total. The Hall–Kier alpha value is -3.58. The Morgan fingerprint density at radius 3 is 2.23 bits per heavy atom. The minimum absolute atomic E-state index is 0.840. The zero-order chi connectivity index (χ0) is 17.5. The number of hydrogen-bond acceptors (Lipinski definition) is 2. The van der Waals surface area contributed by atoms with E-state index >= 15 is 0 Å². The van der Waals surface area contributed by atoms with E-state index in [0.717, 1.165) is 63.2 Å². The van der Waals surface area contributed by atoms with Crippen LogP contribution in [0.15, 0.2) is 42.5 Å². The molecule has 2 aliphatic heterocycles. The number of aromatic amines is 2. The summed E-state index contributed by atoms with van der Waals surface area (Å²) in [4.78, 5) is 16.2. The summed E-state index contributed by atoms with van der Waals surface area (Å²) in [5.74, 6) is 2.76. The van der Waals surface area contributed by atoms with Gasteiger partial charge in [-0.3, -0.25) is 4.98 Å². The molecule has 3 aromatic rings. The predicted molar refractivity (Wildman–Crippen MR) is 105 cm³/mol. The summed E-state index contributed by atoms with van der Waals surface area (Å²) in [6, 6.07) is 14.3. The van der Waals surface area contributed by atoms with E-state index < -0.39 is 0 Å². The van der Waals surface area contributed by atoms with Gasteiger partial charge in [0.2, 0.25) is 0 Å². The molecule has 0 fully saturated rings. The predicted octanol–water partition coefficient (Wildman–Crippen LogP) is 4.25. The fraction of sp³-hybridized carbons (Fsp3) is 0.0909. The Kier molecular flexibility index (Phi) is 3.26. The number of nitrogens with zero attached hydrogens (tertiary/aromatic N) is 2. The Labute approximate surface area is 150 Å². The van der Waals surface area contributed by atoms with Crippen LogP contribution in [0, 0.1) is 12.3 Å². The molecule has 0 radical (unpaired) electrons. The van der Waals surface area contributed by atoms with E-state index in [1.54, 1.807) is 0 Å². The van der Waals surface area contributed by atoms with Crippen molar-refractivity contribution >= 4 is 34.2 Å². The van der Waals surface area contributed by atoms with E-state index in [-0.39, 0.29) is 0 Å². The van der Waals surface area contributed by atoms with Gasteiger partial charge in [-0.25, -0.2) is 4.98 Å². The van der Waals surface area contributed by atoms with Crippen LogP contribution in [0.25, 0.3) is 34.2 Å². The fourth-order valence-corrected chi connectivity index (χ4v) is 3.38. The summed E-state index contributed by atoms with van der Waals surface area (Å²) in [5, 5.41) is 0. The largest absolute Gasteiger partial charge is 0.355 e. The molecule has 0 amide bonds. The van der Waals surface area contributed by atoms with Crippen LogP contribution in [-0.4, -0.2) is 19.9 Å². The third-order valence-electron chi connectivity index (χ3n) is 4.60. The Morgan fingerprint density at radius 1 is 0.769 bits per heavy atom. The molecule has 3 aromatic heterocycles. The summed E-state index contributed by atoms with van der Waals surface area (Å²) in [7, 11) is 0. The normalized spacial score (nSPS) is 12.9. The summed E-state index contributed by atoms with van der Waals surface area (Å²) >= 11 is 0. The highest BCUT2D eigenvalue weighted by atomic mass is 14.8. The Balaban J connectivity index is 1.86. The van der Waals surface area contributed by atoms with Gasteiger partial charge in [0, 0.05) is 33.5 Å². The number of terminal acetylenes is 1. The van der Waals surface area contributed by atoms with Gasteiger partial charge in [-0.05, 0) is 67.5 Å². The topological polar surface area (TPSA) is 57.4 Å². The maximum atomic E-state index is 5.68. The molecule has 0 saturated carbocycles. The number of aromatic nitrogens is 4. The quantitative estimate of drug-likeness (QED) is 0.472. The summed E-state index contributed by atoms with van der Waals surface area (Å²) in [6.45, 7) is 0. The zero-order valence-electron chi connectivity index (χ0n) is 14.1. The van der Waals surface area contributed by atoms with Gasteiger partial charge in [0.25, 0.3) is 0 Å². The first-order chi connectivity index (χ1) is 12.7. The first-order valence-corrected chi connectivity index (χ1v) is 8.60. The van der Waals surface area contributed by atoms with Gasteiger partial charge < -0.3 is 9.97 Å². The van der Waals surface area contributed by atoms with Crippen molar-refractivity contribution in [2.45, 2.75) is 12.8 Å². The van der Waals surface area contributed by atoms with Crippen molar-refractivity contribution in [3.63, 3.8) is 0 Å². The first kappa shape index (κ1) is 14.7. The van der Waals surface area contributed by atoms with Crippen molar-refractivity contribution < 1.29 is 0 Å². The second-order valence-electron chi connectivity index (χ2n) is 6.53. The van der Waals surface area contributed by atoms with Crippen molar-refractivity contribution in [2.75, 3.05) is 0 Å². The van der Waals surface area contributed by atoms with Gasteiger partial charge >= 0.3 is 0 Å². The second-order valence-corrected chi connectivity index (χ2v) is 6.53. The highest BCUT2D eigenvalue weighted by Crippen LogP contribution is 2.18. The monoisotopic (exact) mass is 336 g/mol. The lowest BCUT2D eigenvalue weighted by Gasteiger charge is -1.86. The molecule has 0 unspecified atom stereocenters.